The van der Waals surface area contributed by atoms with Crippen molar-refractivity contribution in [2.24, 2.45) is 5.92 Å². The van der Waals surface area contributed by atoms with E-state index in [-0.39, 0.29) is 17.9 Å². The molecule has 2 atom stereocenters. The van der Waals surface area contributed by atoms with Gasteiger partial charge in [-0.3, -0.25) is 4.79 Å². The molecule has 1 saturated heterocycles. The highest BCUT2D eigenvalue weighted by atomic mass is 35.5. The van der Waals surface area contributed by atoms with E-state index < -0.39 is 0 Å². The summed E-state index contributed by atoms with van der Waals surface area (Å²) in [6.07, 6.45) is 0.913. The number of aryl methyl sites for hydroxylation is 1. The second-order valence-corrected chi connectivity index (χ2v) is 7.36. The number of rotatable bonds is 4. The van der Waals surface area contributed by atoms with Crippen LogP contribution in [0.4, 0.5) is 0 Å². The first-order valence-electron chi connectivity index (χ1n) is 7.79. The number of thiazole rings is 1. The zero-order valence-electron chi connectivity index (χ0n) is 13.2. The molecule has 0 spiro atoms. The van der Waals surface area contributed by atoms with Gasteiger partial charge in [0.2, 0.25) is 5.91 Å². The molecule has 1 fully saturated rings. The van der Waals surface area contributed by atoms with E-state index in [1.807, 2.05) is 38.1 Å². The summed E-state index contributed by atoms with van der Waals surface area (Å²) in [5, 5.41) is 8.02. The number of benzene rings is 1. The number of nitrogens with zero attached hydrogens (tertiary/aromatic N) is 1. The molecule has 1 aromatic carbocycles. The maximum Gasteiger partial charge on any atom is 0.224 e. The number of hydrogen-bond donors (Lipinski definition) is 2. The number of carbonyl (C=O) groups excluding carboxylic acids is 1. The molecule has 0 radical (unpaired) electrons. The average molecular weight is 350 g/mol. The fourth-order valence-electron chi connectivity index (χ4n) is 2.80. The van der Waals surface area contributed by atoms with E-state index in [1.54, 1.807) is 11.3 Å². The van der Waals surface area contributed by atoms with Crippen molar-refractivity contribution < 1.29 is 4.79 Å². The molecule has 2 aromatic rings. The Labute approximate surface area is 145 Å². The third-order valence-electron chi connectivity index (χ3n) is 4.11. The maximum atomic E-state index is 12.3. The first-order valence-corrected chi connectivity index (χ1v) is 8.98. The third kappa shape index (κ3) is 3.74. The van der Waals surface area contributed by atoms with Crippen LogP contribution in [0.25, 0.3) is 10.6 Å². The molecule has 1 aliphatic rings. The predicted molar refractivity (Wildman–Crippen MR) is 94.8 cm³/mol. The summed E-state index contributed by atoms with van der Waals surface area (Å²) >= 11 is 7.56. The molecule has 122 valence electrons. The topological polar surface area (TPSA) is 54.0 Å². The predicted octanol–water partition coefficient (Wildman–Crippen LogP) is 3.56. The summed E-state index contributed by atoms with van der Waals surface area (Å²) in [6, 6.07) is 7.65. The minimum atomic E-state index is -0.0262. The van der Waals surface area contributed by atoms with Crippen molar-refractivity contribution in [3.8, 4) is 10.6 Å². The van der Waals surface area contributed by atoms with Gasteiger partial charge in [0.05, 0.1) is 22.5 Å². The van der Waals surface area contributed by atoms with E-state index in [9.17, 15) is 4.79 Å². The molecule has 3 rings (SSSR count). The second kappa shape index (κ2) is 6.99. The normalized spacial score (nSPS) is 18.8. The molecule has 4 nitrogen and oxygen atoms in total. The number of aromatic nitrogens is 1. The van der Waals surface area contributed by atoms with Crippen LogP contribution in [0.3, 0.4) is 0 Å². The standard InChI is InChI=1S/C17H20ClN3OS/c1-10(20-16(22)13-7-8-19-9-13)15-11(2)21-17(23-15)12-3-5-14(18)6-4-12/h3-6,10,13,19H,7-9H2,1-2H3,(H,20,22)/t10-,13-/m1/s1. The molecule has 6 heteroatoms. The summed E-state index contributed by atoms with van der Waals surface area (Å²) in [7, 11) is 0. The Hall–Kier alpha value is -1.43. The van der Waals surface area contributed by atoms with Crippen LogP contribution in [0, 0.1) is 12.8 Å². The number of amides is 1. The van der Waals surface area contributed by atoms with Gasteiger partial charge in [0.25, 0.3) is 0 Å². The minimum Gasteiger partial charge on any atom is -0.348 e. The zero-order valence-corrected chi connectivity index (χ0v) is 14.8. The van der Waals surface area contributed by atoms with Crippen molar-refractivity contribution in [2.45, 2.75) is 26.3 Å². The zero-order chi connectivity index (χ0) is 16.4. The van der Waals surface area contributed by atoms with E-state index in [4.69, 9.17) is 11.6 Å². The second-order valence-electron chi connectivity index (χ2n) is 5.90. The van der Waals surface area contributed by atoms with Gasteiger partial charge in [0.15, 0.2) is 0 Å². The molecule has 1 aromatic heterocycles. The summed E-state index contributed by atoms with van der Waals surface area (Å²) < 4.78 is 0. The van der Waals surface area contributed by atoms with E-state index in [0.29, 0.717) is 5.02 Å². The van der Waals surface area contributed by atoms with Crippen molar-refractivity contribution in [3.63, 3.8) is 0 Å². The van der Waals surface area contributed by atoms with Gasteiger partial charge in [-0.05, 0) is 38.9 Å². The Morgan fingerprint density at radius 2 is 2.17 bits per heavy atom. The van der Waals surface area contributed by atoms with Crippen LogP contribution in [0.2, 0.25) is 5.02 Å². The molecule has 0 bridgehead atoms. The molecular formula is C17H20ClN3OS. The van der Waals surface area contributed by atoms with Crippen LogP contribution in [-0.4, -0.2) is 24.0 Å². The number of hydrogen-bond acceptors (Lipinski definition) is 4. The fraction of sp³-hybridized carbons (Fsp3) is 0.412. The van der Waals surface area contributed by atoms with Crippen molar-refractivity contribution >= 4 is 28.8 Å². The van der Waals surface area contributed by atoms with Gasteiger partial charge >= 0.3 is 0 Å². The summed E-state index contributed by atoms with van der Waals surface area (Å²) in [6.45, 7) is 5.71. The van der Waals surface area contributed by atoms with Gasteiger partial charge in [-0.25, -0.2) is 4.98 Å². The van der Waals surface area contributed by atoms with Gasteiger partial charge in [-0.1, -0.05) is 23.7 Å². The van der Waals surface area contributed by atoms with E-state index in [0.717, 1.165) is 40.7 Å². The highest BCUT2D eigenvalue weighted by Crippen LogP contribution is 2.32. The minimum absolute atomic E-state index is 0.0262. The van der Waals surface area contributed by atoms with Crippen LogP contribution < -0.4 is 10.6 Å². The largest absolute Gasteiger partial charge is 0.348 e. The Morgan fingerprint density at radius 3 is 2.83 bits per heavy atom. The number of nitrogens with one attached hydrogen (secondary N) is 2. The molecule has 1 aliphatic heterocycles. The van der Waals surface area contributed by atoms with Crippen molar-refractivity contribution in [1.29, 1.82) is 0 Å². The van der Waals surface area contributed by atoms with Crippen LogP contribution >= 0.6 is 22.9 Å². The molecule has 1 amide bonds. The Bertz CT molecular complexity index is 692. The first-order chi connectivity index (χ1) is 11.0. The number of carbonyl (C=O) groups is 1. The van der Waals surface area contributed by atoms with E-state index in [1.165, 1.54) is 0 Å². The number of halogens is 1. The van der Waals surface area contributed by atoms with Crippen molar-refractivity contribution in [1.82, 2.24) is 15.6 Å². The van der Waals surface area contributed by atoms with Crippen molar-refractivity contribution in [3.05, 3.63) is 39.9 Å². The first kappa shape index (κ1) is 16.4. The van der Waals surface area contributed by atoms with Gasteiger partial charge in [-0.15, -0.1) is 11.3 Å². The quantitative estimate of drug-likeness (QED) is 0.887. The van der Waals surface area contributed by atoms with Crippen LogP contribution in [-0.2, 0) is 4.79 Å². The van der Waals surface area contributed by atoms with Gasteiger partial charge in [0, 0.05) is 17.1 Å². The van der Waals surface area contributed by atoms with E-state index >= 15 is 0 Å². The van der Waals surface area contributed by atoms with Crippen molar-refractivity contribution in [2.75, 3.05) is 13.1 Å². The van der Waals surface area contributed by atoms with Crippen LogP contribution in [0.15, 0.2) is 24.3 Å². The molecule has 2 N–H and O–H groups in total. The SMILES string of the molecule is Cc1nc(-c2ccc(Cl)cc2)sc1[C@@H](C)NC(=O)[C@@H]1CCNC1. The molecule has 0 unspecified atom stereocenters. The fourth-order valence-corrected chi connectivity index (χ4v) is 4.00. The third-order valence-corrected chi connectivity index (χ3v) is 5.75. The molecule has 0 aliphatic carbocycles. The Morgan fingerprint density at radius 1 is 1.43 bits per heavy atom. The van der Waals surface area contributed by atoms with E-state index in [2.05, 4.69) is 15.6 Å². The van der Waals surface area contributed by atoms with Gasteiger partial charge in [0.1, 0.15) is 5.01 Å². The van der Waals surface area contributed by atoms with Crippen LogP contribution in [0.1, 0.15) is 30.0 Å². The lowest BCUT2D eigenvalue weighted by molar-refractivity contribution is -0.125. The summed E-state index contributed by atoms with van der Waals surface area (Å²) in [5.74, 6) is 0.213. The van der Waals surface area contributed by atoms with Gasteiger partial charge < -0.3 is 10.6 Å². The molecule has 2 heterocycles. The monoisotopic (exact) mass is 349 g/mol. The van der Waals surface area contributed by atoms with Gasteiger partial charge in [-0.2, -0.15) is 0 Å². The lowest BCUT2D eigenvalue weighted by atomic mass is 10.1. The maximum absolute atomic E-state index is 12.3. The summed E-state index contributed by atoms with van der Waals surface area (Å²) in [4.78, 5) is 18.0. The lowest BCUT2D eigenvalue weighted by Crippen LogP contribution is -2.33. The van der Waals surface area contributed by atoms with Crippen LogP contribution in [0.5, 0.6) is 0 Å². The molecule has 23 heavy (non-hydrogen) atoms. The molecule has 0 saturated carbocycles. The lowest BCUT2D eigenvalue weighted by Gasteiger charge is -2.15. The smallest absolute Gasteiger partial charge is 0.224 e. The summed E-state index contributed by atoms with van der Waals surface area (Å²) in [5.41, 5.74) is 2.02. The Kier molecular flexibility index (Phi) is 4.99. The highest BCUT2D eigenvalue weighted by Gasteiger charge is 2.25. The Balaban J connectivity index is 1.74. The highest BCUT2D eigenvalue weighted by molar-refractivity contribution is 7.15. The average Bonchev–Trinajstić information content (AvgIpc) is 3.17. The molecular weight excluding hydrogens is 330 g/mol.